The first-order valence-electron chi connectivity index (χ1n) is 6.11. The topological polar surface area (TPSA) is 61.6 Å². The van der Waals surface area contributed by atoms with Crippen LogP contribution in [0.15, 0.2) is 42.5 Å². The number of nitro benzene ring substituents is 1. The Morgan fingerprint density at radius 3 is 2.45 bits per heavy atom. The van der Waals surface area contributed by atoms with E-state index in [9.17, 15) is 10.1 Å². The van der Waals surface area contributed by atoms with Crippen molar-refractivity contribution in [1.29, 1.82) is 0 Å². The summed E-state index contributed by atoms with van der Waals surface area (Å²) in [6, 6.07) is 12.7. The Morgan fingerprint density at radius 2 is 1.85 bits per heavy atom. The number of rotatable bonds is 5. The van der Waals surface area contributed by atoms with Crippen molar-refractivity contribution >= 4 is 5.69 Å². The molecule has 0 aliphatic heterocycles. The van der Waals surface area contributed by atoms with Crippen LogP contribution in [0.1, 0.15) is 11.1 Å². The summed E-state index contributed by atoms with van der Waals surface area (Å²) in [5.74, 6) is 0.859. The number of hydrogen-bond acceptors (Lipinski definition) is 4. The predicted octanol–water partition coefficient (Wildman–Crippen LogP) is 3.49. The van der Waals surface area contributed by atoms with Gasteiger partial charge in [0.1, 0.15) is 6.61 Å². The maximum atomic E-state index is 10.9. The number of ether oxygens (including phenoxy) is 2. The number of hydrogen-bond donors (Lipinski definition) is 0. The van der Waals surface area contributed by atoms with Crippen molar-refractivity contribution < 1.29 is 14.4 Å². The molecular formula is C15H15NO4. The standard InChI is InChI=1S/C15H15NO4/c1-11-8-15(14(19-2)9-13(11)16(17)18)20-10-12-6-4-3-5-7-12/h3-9H,10H2,1-2H3. The van der Waals surface area contributed by atoms with Gasteiger partial charge in [0, 0.05) is 5.56 Å². The van der Waals surface area contributed by atoms with Crippen molar-refractivity contribution in [3.63, 3.8) is 0 Å². The van der Waals surface area contributed by atoms with E-state index in [1.807, 2.05) is 30.3 Å². The molecule has 2 aromatic carbocycles. The Balaban J connectivity index is 2.23. The summed E-state index contributed by atoms with van der Waals surface area (Å²) in [4.78, 5) is 10.5. The van der Waals surface area contributed by atoms with Gasteiger partial charge in [-0.3, -0.25) is 10.1 Å². The fourth-order valence-corrected chi connectivity index (χ4v) is 1.86. The zero-order chi connectivity index (χ0) is 14.5. The normalized spacial score (nSPS) is 10.1. The lowest BCUT2D eigenvalue weighted by atomic mass is 10.2. The van der Waals surface area contributed by atoms with Gasteiger partial charge in [0.2, 0.25) is 0 Å². The lowest BCUT2D eigenvalue weighted by molar-refractivity contribution is -0.385. The van der Waals surface area contributed by atoms with Crippen molar-refractivity contribution in [2.75, 3.05) is 7.11 Å². The summed E-state index contributed by atoms with van der Waals surface area (Å²) in [5, 5.41) is 10.9. The fraction of sp³-hybridized carbons (Fsp3) is 0.200. The molecule has 0 saturated heterocycles. The van der Waals surface area contributed by atoms with Crippen LogP contribution in [0.25, 0.3) is 0 Å². The molecule has 0 fully saturated rings. The second kappa shape index (κ2) is 6.06. The molecule has 20 heavy (non-hydrogen) atoms. The van der Waals surface area contributed by atoms with Gasteiger partial charge in [-0.15, -0.1) is 0 Å². The van der Waals surface area contributed by atoms with Crippen LogP contribution in [-0.2, 0) is 6.61 Å². The lowest BCUT2D eigenvalue weighted by Crippen LogP contribution is -2.00. The van der Waals surface area contributed by atoms with Crippen LogP contribution in [0.3, 0.4) is 0 Å². The van der Waals surface area contributed by atoms with Gasteiger partial charge >= 0.3 is 0 Å². The third-order valence-electron chi connectivity index (χ3n) is 2.92. The molecule has 0 aliphatic rings. The summed E-state index contributed by atoms with van der Waals surface area (Å²) in [6.45, 7) is 2.06. The Kier molecular flexibility index (Phi) is 4.20. The van der Waals surface area contributed by atoms with Crippen molar-refractivity contribution in [2.45, 2.75) is 13.5 Å². The minimum atomic E-state index is -0.432. The van der Waals surface area contributed by atoms with E-state index in [1.165, 1.54) is 13.2 Å². The fourth-order valence-electron chi connectivity index (χ4n) is 1.86. The number of aryl methyl sites for hydroxylation is 1. The molecule has 0 bridgehead atoms. The molecule has 2 aromatic rings. The average molecular weight is 273 g/mol. The monoisotopic (exact) mass is 273 g/mol. The first-order valence-corrected chi connectivity index (χ1v) is 6.11. The van der Waals surface area contributed by atoms with Crippen LogP contribution in [0.2, 0.25) is 0 Å². The van der Waals surface area contributed by atoms with Crippen molar-refractivity contribution in [1.82, 2.24) is 0 Å². The van der Waals surface area contributed by atoms with Crippen LogP contribution in [-0.4, -0.2) is 12.0 Å². The van der Waals surface area contributed by atoms with Gasteiger partial charge in [0.05, 0.1) is 18.1 Å². The molecule has 5 heteroatoms. The van der Waals surface area contributed by atoms with Gasteiger partial charge in [0.15, 0.2) is 11.5 Å². The summed E-state index contributed by atoms with van der Waals surface area (Å²) in [5.41, 5.74) is 1.58. The summed E-state index contributed by atoms with van der Waals surface area (Å²) in [6.07, 6.45) is 0. The maximum absolute atomic E-state index is 10.9. The Bertz CT molecular complexity index is 611. The van der Waals surface area contributed by atoms with E-state index in [2.05, 4.69) is 0 Å². The van der Waals surface area contributed by atoms with E-state index in [0.717, 1.165) is 5.56 Å². The van der Waals surface area contributed by atoms with Gasteiger partial charge in [-0.25, -0.2) is 0 Å². The second-order valence-electron chi connectivity index (χ2n) is 4.32. The average Bonchev–Trinajstić information content (AvgIpc) is 2.46. The largest absolute Gasteiger partial charge is 0.493 e. The van der Waals surface area contributed by atoms with E-state index in [1.54, 1.807) is 13.0 Å². The summed E-state index contributed by atoms with van der Waals surface area (Å²) < 4.78 is 10.8. The van der Waals surface area contributed by atoms with Gasteiger partial charge in [-0.05, 0) is 18.6 Å². The minimum Gasteiger partial charge on any atom is -0.493 e. The van der Waals surface area contributed by atoms with Crippen LogP contribution in [0.5, 0.6) is 11.5 Å². The molecule has 0 aromatic heterocycles. The van der Waals surface area contributed by atoms with Crippen molar-refractivity contribution in [3.8, 4) is 11.5 Å². The molecule has 0 spiro atoms. The second-order valence-corrected chi connectivity index (χ2v) is 4.32. The third-order valence-corrected chi connectivity index (χ3v) is 2.92. The minimum absolute atomic E-state index is 0.0221. The van der Waals surface area contributed by atoms with Crippen LogP contribution in [0.4, 0.5) is 5.69 Å². The Labute approximate surface area is 116 Å². The van der Waals surface area contributed by atoms with E-state index in [4.69, 9.17) is 9.47 Å². The molecular weight excluding hydrogens is 258 g/mol. The first kappa shape index (κ1) is 13.9. The predicted molar refractivity (Wildman–Crippen MR) is 75.2 cm³/mol. The highest BCUT2D eigenvalue weighted by Crippen LogP contribution is 2.34. The van der Waals surface area contributed by atoms with E-state index < -0.39 is 4.92 Å². The zero-order valence-corrected chi connectivity index (χ0v) is 11.3. The highest BCUT2D eigenvalue weighted by Gasteiger charge is 2.16. The highest BCUT2D eigenvalue weighted by atomic mass is 16.6. The van der Waals surface area contributed by atoms with Crippen LogP contribution in [0, 0.1) is 17.0 Å². The number of methoxy groups -OCH3 is 1. The first-order chi connectivity index (χ1) is 9.61. The zero-order valence-electron chi connectivity index (χ0n) is 11.3. The van der Waals surface area contributed by atoms with E-state index in [0.29, 0.717) is 23.7 Å². The third kappa shape index (κ3) is 3.06. The summed E-state index contributed by atoms with van der Waals surface area (Å²) >= 11 is 0. The summed E-state index contributed by atoms with van der Waals surface area (Å²) in [7, 11) is 1.46. The molecule has 5 nitrogen and oxygen atoms in total. The SMILES string of the molecule is COc1cc([N+](=O)[O-])c(C)cc1OCc1ccccc1. The molecule has 0 heterocycles. The molecule has 0 unspecified atom stereocenters. The smallest absolute Gasteiger partial charge is 0.276 e. The molecule has 0 amide bonds. The quantitative estimate of drug-likeness (QED) is 0.618. The molecule has 0 aliphatic carbocycles. The Morgan fingerprint density at radius 1 is 1.15 bits per heavy atom. The molecule has 104 valence electrons. The maximum Gasteiger partial charge on any atom is 0.276 e. The van der Waals surface area contributed by atoms with Gasteiger partial charge in [-0.1, -0.05) is 30.3 Å². The van der Waals surface area contributed by atoms with Crippen molar-refractivity contribution in [2.24, 2.45) is 0 Å². The molecule has 0 saturated carbocycles. The highest BCUT2D eigenvalue weighted by molar-refractivity contribution is 5.53. The van der Waals surface area contributed by atoms with Crippen molar-refractivity contribution in [3.05, 3.63) is 63.7 Å². The van der Waals surface area contributed by atoms with Crippen LogP contribution < -0.4 is 9.47 Å². The van der Waals surface area contributed by atoms with Gasteiger partial charge in [-0.2, -0.15) is 0 Å². The molecule has 0 atom stereocenters. The van der Waals surface area contributed by atoms with Crippen LogP contribution >= 0.6 is 0 Å². The molecule has 0 radical (unpaired) electrons. The number of benzene rings is 2. The Hall–Kier alpha value is -2.56. The van der Waals surface area contributed by atoms with E-state index in [-0.39, 0.29) is 5.69 Å². The molecule has 0 N–H and O–H groups in total. The van der Waals surface area contributed by atoms with Gasteiger partial charge < -0.3 is 9.47 Å². The number of nitrogens with zero attached hydrogens (tertiary/aromatic N) is 1. The molecule has 2 rings (SSSR count). The number of nitro groups is 1. The lowest BCUT2D eigenvalue weighted by Gasteiger charge is -2.11. The van der Waals surface area contributed by atoms with Gasteiger partial charge in [0.25, 0.3) is 5.69 Å². The van der Waals surface area contributed by atoms with E-state index >= 15 is 0 Å².